The molecule has 0 amide bonds. The lowest BCUT2D eigenvalue weighted by Gasteiger charge is -2.22. The van der Waals surface area contributed by atoms with Crippen LogP contribution in [0.4, 0.5) is 0 Å². The van der Waals surface area contributed by atoms with Crippen LogP contribution in [0.1, 0.15) is 24.2 Å². The number of halogens is 1. The van der Waals surface area contributed by atoms with Crippen LogP contribution in [0, 0.1) is 0 Å². The van der Waals surface area contributed by atoms with Gasteiger partial charge in [0, 0.05) is 34.7 Å². The molecule has 3 rings (SSSR count). The summed E-state index contributed by atoms with van der Waals surface area (Å²) in [5, 5.41) is 5.64. The van der Waals surface area contributed by atoms with Crippen LogP contribution in [0.15, 0.2) is 18.2 Å². The summed E-state index contributed by atoms with van der Waals surface area (Å²) in [5.41, 5.74) is 4.15. The lowest BCUT2D eigenvalue weighted by molar-refractivity contribution is 0.515. The maximum absolute atomic E-state index is 6.08. The Hall–Kier alpha value is -0.990. The van der Waals surface area contributed by atoms with Crippen molar-refractivity contribution in [1.29, 1.82) is 0 Å². The van der Waals surface area contributed by atoms with Gasteiger partial charge in [0.15, 0.2) is 0 Å². The monoisotopic (exact) mass is 234 g/mol. The number of hydrogen-bond acceptors (Lipinski definition) is 1. The Labute approximate surface area is 100 Å². The maximum atomic E-state index is 6.08. The van der Waals surface area contributed by atoms with Crippen LogP contribution in [-0.2, 0) is 13.5 Å². The number of benzene rings is 1. The van der Waals surface area contributed by atoms with Crippen LogP contribution in [0.3, 0.4) is 0 Å². The summed E-state index contributed by atoms with van der Waals surface area (Å²) in [6.07, 6.45) is 1.09. The minimum atomic E-state index is 0.430. The van der Waals surface area contributed by atoms with Gasteiger partial charge in [-0.15, -0.1) is 0 Å². The molecule has 2 nitrogen and oxygen atoms in total. The second kappa shape index (κ2) is 3.51. The molecule has 0 aliphatic carbocycles. The summed E-state index contributed by atoms with van der Waals surface area (Å²) < 4.78 is 2.29. The van der Waals surface area contributed by atoms with Gasteiger partial charge in [-0.3, -0.25) is 0 Å². The summed E-state index contributed by atoms with van der Waals surface area (Å²) in [4.78, 5) is 0. The van der Waals surface area contributed by atoms with Crippen molar-refractivity contribution < 1.29 is 0 Å². The van der Waals surface area contributed by atoms with Crippen molar-refractivity contribution in [2.45, 2.75) is 19.4 Å². The van der Waals surface area contributed by atoms with Gasteiger partial charge in [-0.05, 0) is 43.7 Å². The molecule has 2 heterocycles. The number of nitrogens with zero attached hydrogens (tertiary/aromatic N) is 1. The Balaban J connectivity index is 2.39. The molecule has 0 radical (unpaired) electrons. The van der Waals surface area contributed by atoms with Crippen molar-refractivity contribution in [3.8, 4) is 0 Å². The van der Waals surface area contributed by atoms with E-state index in [0.29, 0.717) is 6.04 Å². The first-order valence-electron chi connectivity index (χ1n) is 5.68. The fraction of sp³-hybridized carbons (Fsp3) is 0.385. The predicted octanol–water partition coefficient (Wildman–Crippen LogP) is 3.04. The van der Waals surface area contributed by atoms with E-state index in [0.717, 1.165) is 18.0 Å². The van der Waals surface area contributed by atoms with Crippen molar-refractivity contribution >= 4 is 22.5 Å². The molecule has 1 aliphatic heterocycles. The summed E-state index contributed by atoms with van der Waals surface area (Å²) in [6.45, 7) is 3.28. The zero-order valence-electron chi connectivity index (χ0n) is 9.55. The Morgan fingerprint density at radius 2 is 2.25 bits per heavy atom. The zero-order chi connectivity index (χ0) is 11.3. The third-order valence-corrected chi connectivity index (χ3v) is 3.79. The Bertz CT molecular complexity index is 557. The smallest absolute Gasteiger partial charge is 0.0484 e. The highest BCUT2D eigenvalue weighted by Crippen LogP contribution is 2.33. The first kappa shape index (κ1) is 10.2. The van der Waals surface area contributed by atoms with Gasteiger partial charge in [-0.25, -0.2) is 0 Å². The molecule has 1 aromatic carbocycles. The highest BCUT2D eigenvalue weighted by atomic mass is 35.5. The van der Waals surface area contributed by atoms with E-state index in [9.17, 15) is 0 Å². The van der Waals surface area contributed by atoms with E-state index in [1.54, 1.807) is 0 Å². The second-order valence-corrected chi connectivity index (χ2v) is 4.95. The second-order valence-electron chi connectivity index (χ2n) is 4.51. The predicted molar refractivity (Wildman–Crippen MR) is 68.1 cm³/mol. The molecule has 3 heteroatoms. The van der Waals surface area contributed by atoms with Crippen LogP contribution in [0.5, 0.6) is 0 Å². The van der Waals surface area contributed by atoms with Gasteiger partial charge in [-0.1, -0.05) is 11.6 Å². The van der Waals surface area contributed by atoms with E-state index in [2.05, 4.69) is 36.0 Å². The summed E-state index contributed by atoms with van der Waals surface area (Å²) in [6, 6.07) is 6.60. The average Bonchev–Trinajstić information content (AvgIpc) is 2.54. The Kier molecular flexibility index (Phi) is 2.23. The largest absolute Gasteiger partial charge is 0.346 e. The first-order chi connectivity index (χ1) is 7.68. The molecule has 0 fully saturated rings. The molecule has 0 bridgehead atoms. The Morgan fingerprint density at radius 1 is 1.44 bits per heavy atom. The zero-order valence-corrected chi connectivity index (χ0v) is 10.3. The standard InChI is InChI=1S/C13H15ClN2/c1-8-13-10(5-6-15-8)11-7-9(14)3-4-12(11)16(13)2/h3-4,7-8,15H,5-6H2,1-2H3. The quantitative estimate of drug-likeness (QED) is 0.742. The molecule has 1 N–H and O–H groups in total. The third kappa shape index (κ3) is 1.30. The van der Waals surface area contributed by atoms with E-state index < -0.39 is 0 Å². The Morgan fingerprint density at radius 3 is 3.06 bits per heavy atom. The molecule has 84 valence electrons. The van der Waals surface area contributed by atoms with E-state index >= 15 is 0 Å². The van der Waals surface area contributed by atoms with Crippen molar-refractivity contribution in [1.82, 2.24) is 9.88 Å². The number of aryl methyl sites for hydroxylation is 1. The van der Waals surface area contributed by atoms with Crippen LogP contribution in [-0.4, -0.2) is 11.1 Å². The van der Waals surface area contributed by atoms with Gasteiger partial charge in [-0.2, -0.15) is 0 Å². The molecule has 1 aliphatic rings. The number of rotatable bonds is 0. The third-order valence-electron chi connectivity index (χ3n) is 3.55. The molecule has 0 saturated carbocycles. The van der Waals surface area contributed by atoms with Crippen molar-refractivity contribution in [2.75, 3.05) is 6.54 Å². The van der Waals surface area contributed by atoms with Gasteiger partial charge >= 0.3 is 0 Å². The molecular weight excluding hydrogens is 220 g/mol. The van der Waals surface area contributed by atoms with Crippen LogP contribution >= 0.6 is 11.6 Å². The summed E-state index contributed by atoms with van der Waals surface area (Å²) in [5.74, 6) is 0. The molecule has 0 saturated heterocycles. The van der Waals surface area contributed by atoms with E-state index in [4.69, 9.17) is 11.6 Å². The number of hydrogen-bond donors (Lipinski definition) is 1. The molecule has 2 aromatic rings. The van der Waals surface area contributed by atoms with Crippen LogP contribution in [0.25, 0.3) is 10.9 Å². The van der Waals surface area contributed by atoms with Crippen LogP contribution in [0.2, 0.25) is 5.02 Å². The van der Waals surface area contributed by atoms with Crippen molar-refractivity contribution in [3.63, 3.8) is 0 Å². The van der Waals surface area contributed by atoms with Crippen molar-refractivity contribution in [3.05, 3.63) is 34.5 Å². The SMILES string of the molecule is CC1NCCc2c1n(C)c1ccc(Cl)cc21. The fourth-order valence-electron chi connectivity index (χ4n) is 2.84. The van der Waals surface area contributed by atoms with E-state index in [1.165, 1.54) is 22.2 Å². The maximum Gasteiger partial charge on any atom is 0.0484 e. The number of aromatic nitrogens is 1. The highest BCUT2D eigenvalue weighted by Gasteiger charge is 2.22. The van der Waals surface area contributed by atoms with Gasteiger partial charge in [0.25, 0.3) is 0 Å². The topological polar surface area (TPSA) is 17.0 Å². The lowest BCUT2D eigenvalue weighted by atomic mass is 10.0. The van der Waals surface area contributed by atoms with Gasteiger partial charge in [0.2, 0.25) is 0 Å². The first-order valence-corrected chi connectivity index (χ1v) is 6.06. The van der Waals surface area contributed by atoms with E-state index in [-0.39, 0.29) is 0 Å². The fourth-order valence-corrected chi connectivity index (χ4v) is 3.01. The minimum Gasteiger partial charge on any atom is -0.346 e. The number of nitrogens with one attached hydrogen (secondary N) is 1. The van der Waals surface area contributed by atoms with Crippen LogP contribution < -0.4 is 5.32 Å². The van der Waals surface area contributed by atoms with Gasteiger partial charge < -0.3 is 9.88 Å². The molecule has 0 spiro atoms. The number of fused-ring (bicyclic) bond motifs is 3. The average molecular weight is 235 g/mol. The van der Waals surface area contributed by atoms with Gasteiger partial charge in [0.05, 0.1) is 0 Å². The molecule has 1 unspecified atom stereocenters. The summed E-state index contributed by atoms with van der Waals surface area (Å²) >= 11 is 6.08. The lowest BCUT2D eigenvalue weighted by Crippen LogP contribution is -2.28. The molecule has 1 atom stereocenters. The van der Waals surface area contributed by atoms with Gasteiger partial charge in [0.1, 0.15) is 0 Å². The van der Waals surface area contributed by atoms with E-state index in [1.807, 2.05) is 6.07 Å². The molecular formula is C13H15ClN2. The molecule has 16 heavy (non-hydrogen) atoms. The highest BCUT2D eigenvalue weighted by molar-refractivity contribution is 6.31. The summed E-state index contributed by atoms with van der Waals surface area (Å²) in [7, 11) is 2.14. The molecule has 1 aromatic heterocycles. The minimum absolute atomic E-state index is 0.430. The van der Waals surface area contributed by atoms with Crippen molar-refractivity contribution in [2.24, 2.45) is 7.05 Å². The normalized spacial score (nSPS) is 20.1.